The van der Waals surface area contributed by atoms with Crippen LogP contribution >= 0.6 is 0 Å². The predicted octanol–water partition coefficient (Wildman–Crippen LogP) is 3.17. The number of benzene rings is 2. The van der Waals surface area contributed by atoms with Crippen molar-refractivity contribution in [3.63, 3.8) is 0 Å². The molecule has 9 heteroatoms. The largest absolute Gasteiger partial charge is 0.452 e. The summed E-state index contributed by atoms with van der Waals surface area (Å²) in [5, 5.41) is 2.84. The molecule has 0 saturated carbocycles. The van der Waals surface area contributed by atoms with E-state index in [-0.39, 0.29) is 30.6 Å². The van der Waals surface area contributed by atoms with Crippen molar-refractivity contribution in [1.29, 1.82) is 0 Å². The van der Waals surface area contributed by atoms with Crippen LogP contribution in [0.4, 0.5) is 4.79 Å². The molecule has 3 rings (SSSR count). The molecule has 0 atom stereocenters. The topological polar surface area (TPSA) is 111 Å². The molecule has 1 N–H and O–H groups in total. The fourth-order valence-electron chi connectivity index (χ4n) is 3.59. The number of likely N-dealkylation sites (tertiary alicyclic amines) is 1. The Labute approximate surface area is 198 Å². The van der Waals surface area contributed by atoms with E-state index in [2.05, 4.69) is 5.32 Å². The van der Waals surface area contributed by atoms with Crippen LogP contribution in [0.5, 0.6) is 5.75 Å². The molecule has 2 aromatic rings. The fourth-order valence-corrected chi connectivity index (χ4v) is 3.59. The van der Waals surface area contributed by atoms with Crippen LogP contribution in [0.3, 0.4) is 0 Å². The SMILES string of the molecule is CCOC(=O)N1CCC(NC(=O)COC(=O)c2ccc(-c3ccc(OC(C)=O)cc3)cc2)CC1. The number of amides is 2. The number of piperidine rings is 1. The normalized spacial score (nSPS) is 13.6. The standard InChI is InChI=1S/C25H28N2O7/c1-3-32-25(31)27-14-12-21(13-15-27)26-23(29)16-33-24(30)20-6-4-18(5-7-20)19-8-10-22(11-9-19)34-17(2)28/h4-11,21H,3,12-16H2,1-2H3,(H,26,29). The van der Waals surface area contributed by atoms with Crippen molar-refractivity contribution >= 4 is 23.9 Å². The van der Waals surface area contributed by atoms with Crippen molar-refractivity contribution in [3.05, 3.63) is 54.1 Å². The van der Waals surface area contributed by atoms with Gasteiger partial charge in [-0.2, -0.15) is 0 Å². The highest BCUT2D eigenvalue weighted by molar-refractivity contribution is 5.92. The Kier molecular flexibility index (Phi) is 8.61. The summed E-state index contributed by atoms with van der Waals surface area (Å²) in [6.07, 6.45) is 0.884. The van der Waals surface area contributed by atoms with Gasteiger partial charge in [-0.25, -0.2) is 9.59 Å². The monoisotopic (exact) mass is 468 g/mol. The molecule has 180 valence electrons. The molecule has 2 aromatic carbocycles. The Morgan fingerprint density at radius 1 is 0.912 bits per heavy atom. The smallest absolute Gasteiger partial charge is 0.409 e. The maximum Gasteiger partial charge on any atom is 0.409 e. The van der Waals surface area contributed by atoms with Crippen molar-refractivity contribution in [2.24, 2.45) is 0 Å². The van der Waals surface area contributed by atoms with Crippen LogP contribution in [0.1, 0.15) is 37.0 Å². The Morgan fingerprint density at radius 3 is 2.06 bits per heavy atom. The lowest BCUT2D eigenvalue weighted by molar-refractivity contribution is -0.132. The Balaban J connectivity index is 1.44. The number of hydrogen-bond donors (Lipinski definition) is 1. The molecule has 1 heterocycles. The first-order valence-corrected chi connectivity index (χ1v) is 11.1. The number of carbonyl (C=O) groups excluding carboxylic acids is 4. The lowest BCUT2D eigenvalue weighted by Gasteiger charge is -2.31. The van der Waals surface area contributed by atoms with Gasteiger partial charge in [0.1, 0.15) is 5.75 Å². The summed E-state index contributed by atoms with van der Waals surface area (Å²) < 4.78 is 15.1. The summed E-state index contributed by atoms with van der Waals surface area (Å²) in [4.78, 5) is 48.8. The molecule has 0 aromatic heterocycles. The van der Waals surface area contributed by atoms with Crippen LogP contribution in [-0.4, -0.2) is 61.2 Å². The minimum Gasteiger partial charge on any atom is -0.452 e. The molecule has 1 saturated heterocycles. The van der Waals surface area contributed by atoms with Gasteiger partial charge in [0, 0.05) is 26.1 Å². The van der Waals surface area contributed by atoms with E-state index < -0.39 is 5.97 Å². The molecule has 0 radical (unpaired) electrons. The van der Waals surface area contributed by atoms with Gasteiger partial charge in [0.15, 0.2) is 6.61 Å². The molecular weight excluding hydrogens is 440 g/mol. The van der Waals surface area contributed by atoms with Gasteiger partial charge < -0.3 is 24.4 Å². The third kappa shape index (κ3) is 7.06. The highest BCUT2D eigenvalue weighted by Crippen LogP contribution is 2.23. The van der Waals surface area contributed by atoms with Crippen LogP contribution in [0, 0.1) is 0 Å². The molecule has 2 amide bonds. The van der Waals surface area contributed by atoms with Crippen LogP contribution in [0.15, 0.2) is 48.5 Å². The Hall–Kier alpha value is -3.88. The van der Waals surface area contributed by atoms with E-state index in [0.717, 1.165) is 11.1 Å². The van der Waals surface area contributed by atoms with E-state index >= 15 is 0 Å². The molecule has 9 nitrogen and oxygen atoms in total. The Bertz CT molecular complexity index is 1010. The zero-order valence-electron chi connectivity index (χ0n) is 19.2. The van der Waals surface area contributed by atoms with E-state index in [0.29, 0.717) is 43.9 Å². The molecule has 0 spiro atoms. The second-order valence-electron chi connectivity index (χ2n) is 7.80. The fraction of sp³-hybridized carbons (Fsp3) is 0.360. The van der Waals surface area contributed by atoms with Gasteiger partial charge in [0.25, 0.3) is 5.91 Å². The molecule has 0 unspecified atom stereocenters. The number of nitrogens with zero attached hydrogens (tertiary/aromatic N) is 1. The first-order valence-electron chi connectivity index (χ1n) is 11.1. The van der Waals surface area contributed by atoms with Crippen LogP contribution < -0.4 is 10.1 Å². The van der Waals surface area contributed by atoms with Gasteiger partial charge in [-0.3, -0.25) is 9.59 Å². The van der Waals surface area contributed by atoms with Gasteiger partial charge in [0.05, 0.1) is 12.2 Å². The van der Waals surface area contributed by atoms with E-state index in [1.807, 2.05) is 12.1 Å². The molecule has 0 bridgehead atoms. The molecule has 1 aliphatic heterocycles. The summed E-state index contributed by atoms with van der Waals surface area (Å²) in [7, 11) is 0. The van der Waals surface area contributed by atoms with E-state index in [4.69, 9.17) is 14.2 Å². The highest BCUT2D eigenvalue weighted by Gasteiger charge is 2.24. The lowest BCUT2D eigenvalue weighted by atomic mass is 10.0. The third-order valence-corrected chi connectivity index (χ3v) is 5.29. The van der Waals surface area contributed by atoms with Crippen LogP contribution in [0.2, 0.25) is 0 Å². The zero-order valence-corrected chi connectivity index (χ0v) is 19.2. The first-order chi connectivity index (χ1) is 16.4. The van der Waals surface area contributed by atoms with Crippen LogP contribution in [-0.2, 0) is 19.1 Å². The van der Waals surface area contributed by atoms with Crippen LogP contribution in [0.25, 0.3) is 11.1 Å². The van der Waals surface area contributed by atoms with E-state index in [9.17, 15) is 19.2 Å². The Morgan fingerprint density at radius 2 is 1.50 bits per heavy atom. The molecule has 1 fully saturated rings. The minimum atomic E-state index is -0.593. The van der Waals surface area contributed by atoms with Crippen molar-refractivity contribution in [1.82, 2.24) is 10.2 Å². The number of carbonyl (C=O) groups is 4. The summed E-state index contributed by atoms with van der Waals surface area (Å²) in [5.74, 6) is -0.903. The van der Waals surface area contributed by atoms with Crippen molar-refractivity contribution in [2.45, 2.75) is 32.7 Å². The van der Waals surface area contributed by atoms with Crippen molar-refractivity contribution < 1.29 is 33.4 Å². The van der Waals surface area contributed by atoms with E-state index in [1.54, 1.807) is 48.2 Å². The van der Waals surface area contributed by atoms with E-state index in [1.165, 1.54) is 6.92 Å². The third-order valence-electron chi connectivity index (χ3n) is 5.29. The number of esters is 2. The van der Waals surface area contributed by atoms with Crippen molar-refractivity contribution in [3.8, 4) is 16.9 Å². The second-order valence-corrected chi connectivity index (χ2v) is 7.80. The number of nitrogens with one attached hydrogen (secondary N) is 1. The summed E-state index contributed by atoms with van der Waals surface area (Å²) in [6.45, 7) is 4.05. The predicted molar refractivity (Wildman–Crippen MR) is 123 cm³/mol. The van der Waals surface area contributed by atoms with Gasteiger partial charge >= 0.3 is 18.0 Å². The summed E-state index contributed by atoms with van der Waals surface area (Å²) >= 11 is 0. The maximum atomic E-state index is 12.3. The highest BCUT2D eigenvalue weighted by atomic mass is 16.6. The van der Waals surface area contributed by atoms with Gasteiger partial charge in [-0.05, 0) is 55.2 Å². The first kappa shape index (κ1) is 24.8. The van der Waals surface area contributed by atoms with Gasteiger partial charge in [-0.1, -0.05) is 24.3 Å². The average Bonchev–Trinajstić information content (AvgIpc) is 2.83. The average molecular weight is 469 g/mol. The zero-order chi connectivity index (χ0) is 24.5. The molecule has 1 aliphatic rings. The van der Waals surface area contributed by atoms with Gasteiger partial charge in [-0.15, -0.1) is 0 Å². The van der Waals surface area contributed by atoms with Gasteiger partial charge in [0.2, 0.25) is 0 Å². The van der Waals surface area contributed by atoms with Crippen molar-refractivity contribution in [2.75, 3.05) is 26.3 Å². The molecular formula is C25H28N2O7. The number of hydrogen-bond acceptors (Lipinski definition) is 7. The number of rotatable bonds is 7. The minimum absolute atomic E-state index is 0.0802. The molecule has 34 heavy (non-hydrogen) atoms. The number of ether oxygens (including phenoxy) is 3. The quantitative estimate of drug-likeness (QED) is 0.491. The second kappa shape index (κ2) is 11.8. The summed E-state index contributed by atoms with van der Waals surface area (Å²) in [6, 6.07) is 13.7. The lowest BCUT2D eigenvalue weighted by Crippen LogP contribution is -2.47. The summed E-state index contributed by atoms with van der Waals surface area (Å²) in [5.41, 5.74) is 2.10. The molecule has 0 aliphatic carbocycles. The maximum absolute atomic E-state index is 12.3.